The number of cyclic esters (lactones) is 1. The van der Waals surface area contributed by atoms with Crippen LogP contribution in [0.3, 0.4) is 0 Å². The highest BCUT2D eigenvalue weighted by atomic mass is 79.9. The van der Waals surface area contributed by atoms with Crippen molar-refractivity contribution in [3.63, 3.8) is 0 Å². The zero-order valence-electron chi connectivity index (χ0n) is 9.56. The van der Waals surface area contributed by atoms with E-state index in [4.69, 9.17) is 4.74 Å². The van der Waals surface area contributed by atoms with Crippen molar-refractivity contribution in [2.24, 2.45) is 5.92 Å². The second kappa shape index (κ2) is 6.01. The Balaban J connectivity index is 1.78. The summed E-state index contributed by atoms with van der Waals surface area (Å²) >= 11 is 3.20. The molecule has 0 radical (unpaired) electrons. The molecule has 17 heavy (non-hydrogen) atoms. The van der Waals surface area contributed by atoms with Crippen LogP contribution in [0.25, 0.3) is 0 Å². The lowest BCUT2D eigenvalue weighted by Crippen LogP contribution is -2.07. The van der Waals surface area contributed by atoms with Crippen LogP contribution in [0.2, 0.25) is 0 Å². The van der Waals surface area contributed by atoms with Crippen LogP contribution in [0.1, 0.15) is 24.8 Å². The second-order valence-electron chi connectivity index (χ2n) is 4.28. The Bertz CT molecular complexity index is 411. The van der Waals surface area contributed by atoms with Crippen molar-refractivity contribution < 1.29 is 9.53 Å². The van der Waals surface area contributed by atoms with E-state index in [9.17, 15) is 4.79 Å². The summed E-state index contributed by atoms with van der Waals surface area (Å²) in [5.74, 6) is 0.714. The predicted octanol–water partition coefficient (Wildman–Crippen LogP) is 3.81. The van der Waals surface area contributed by atoms with Crippen LogP contribution in [0.5, 0.6) is 0 Å². The highest BCUT2D eigenvalue weighted by Crippen LogP contribution is 2.29. The van der Waals surface area contributed by atoms with Gasteiger partial charge in [-0.1, -0.05) is 46.3 Å². The number of esters is 1. The zero-order chi connectivity index (χ0) is 12.1. The number of allylic oxidation sites excluding steroid dienone is 1. The van der Waals surface area contributed by atoms with Gasteiger partial charge >= 0.3 is 5.97 Å². The minimum Gasteiger partial charge on any atom is -0.430 e. The van der Waals surface area contributed by atoms with Crippen molar-refractivity contribution in [3.8, 4) is 0 Å². The van der Waals surface area contributed by atoms with Gasteiger partial charge in [0.25, 0.3) is 0 Å². The number of benzene rings is 1. The summed E-state index contributed by atoms with van der Waals surface area (Å²) in [6.07, 6.45) is 3.69. The molecule has 1 aromatic rings. The topological polar surface area (TPSA) is 26.3 Å². The fourth-order valence-corrected chi connectivity index (χ4v) is 2.34. The standard InChI is InChI=1S/C14H15BrO2/c15-10-13-9-12(14(16)17-13)8-4-7-11-5-2-1-3-6-11/h1-3,5-6,10,12H,4,7-9H2/b13-10+. The molecule has 1 aromatic carbocycles. The van der Waals surface area contributed by atoms with Gasteiger partial charge in [-0.3, -0.25) is 4.79 Å². The van der Waals surface area contributed by atoms with Crippen molar-refractivity contribution in [3.05, 3.63) is 46.6 Å². The lowest BCUT2D eigenvalue weighted by molar-refractivity contribution is -0.139. The molecule has 1 unspecified atom stereocenters. The van der Waals surface area contributed by atoms with Crippen LogP contribution in [0, 0.1) is 5.92 Å². The molecule has 1 fully saturated rings. The largest absolute Gasteiger partial charge is 0.430 e. The van der Waals surface area contributed by atoms with Gasteiger partial charge in [0.15, 0.2) is 0 Å². The first-order chi connectivity index (χ1) is 8.29. The molecule has 2 rings (SSSR count). The first-order valence-electron chi connectivity index (χ1n) is 5.84. The van der Waals surface area contributed by atoms with E-state index in [-0.39, 0.29) is 11.9 Å². The lowest BCUT2D eigenvalue weighted by atomic mass is 9.98. The number of hydrogen-bond acceptors (Lipinski definition) is 2. The normalized spacial score (nSPS) is 21.8. The van der Waals surface area contributed by atoms with Crippen LogP contribution in [-0.4, -0.2) is 5.97 Å². The number of rotatable bonds is 4. The first kappa shape index (κ1) is 12.4. The molecular formula is C14H15BrO2. The van der Waals surface area contributed by atoms with Gasteiger partial charge in [0.1, 0.15) is 5.76 Å². The third kappa shape index (κ3) is 3.43. The van der Waals surface area contributed by atoms with Gasteiger partial charge < -0.3 is 4.74 Å². The van der Waals surface area contributed by atoms with Crippen molar-refractivity contribution in [1.82, 2.24) is 0 Å². The first-order valence-corrected chi connectivity index (χ1v) is 6.76. The number of hydrogen-bond donors (Lipinski definition) is 0. The van der Waals surface area contributed by atoms with Gasteiger partial charge in [0, 0.05) is 11.4 Å². The maximum atomic E-state index is 11.5. The van der Waals surface area contributed by atoms with E-state index in [1.54, 1.807) is 4.99 Å². The van der Waals surface area contributed by atoms with E-state index >= 15 is 0 Å². The second-order valence-corrected chi connectivity index (χ2v) is 4.73. The summed E-state index contributed by atoms with van der Waals surface area (Å²) in [6.45, 7) is 0. The van der Waals surface area contributed by atoms with Gasteiger partial charge in [-0.25, -0.2) is 0 Å². The molecular weight excluding hydrogens is 280 g/mol. The van der Waals surface area contributed by atoms with Crippen molar-refractivity contribution in [2.45, 2.75) is 25.7 Å². The Morgan fingerprint density at radius 3 is 2.76 bits per heavy atom. The molecule has 1 heterocycles. The van der Waals surface area contributed by atoms with Crippen LogP contribution in [0.4, 0.5) is 0 Å². The molecule has 0 N–H and O–H groups in total. The van der Waals surface area contributed by atoms with Crippen molar-refractivity contribution in [2.75, 3.05) is 0 Å². The lowest BCUT2D eigenvalue weighted by Gasteiger charge is -2.04. The average Bonchev–Trinajstić information content (AvgIpc) is 2.72. The molecule has 0 aromatic heterocycles. The fourth-order valence-electron chi connectivity index (χ4n) is 2.06. The van der Waals surface area contributed by atoms with Gasteiger partial charge in [0.2, 0.25) is 0 Å². The Hall–Kier alpha value is -1.09. The summed E-state index contributed by atoms with van der Waals surface area (Å²) < 4.78 is 5.10. The molecule has 90 valence electrons. The summed E-state index contributed by atoms with van der Waals surface area (Å²) in [5, 5.41) is 0. The minimum absolute atomic E-state index is 0.0440. The Morgan fingerprint density at radius 1 is 1.35 bits per heavy atom. The van der Waals surface area contributed by atoms with Crippen LogP contribution in [0.15, 0.2) is 41.1 Å². The smallest absolute Gasteiger partial charge is 0.314 e. The van der Waals surface area contributed by atoms with E-state index in [2.05, 4.69) is 28.1 Å². The van der Waals surface area contributed by atoms with Crippen LogP contribution in [-0.2, 0) is 16.0 Å². The molecule has 0 spiro atoms. The Morgan fingerprint density at radius 2 is 2.12 bits per heavy atom. The zero-order valence-corrected chi connectivity index (χ0v) is 11.2. The van der Waals surface area contributed by atoms with Gasteiger partial charge in [-0.2, -0.15) is 0 Å². The molecule has 0 amide bonds. The van der Waals surface area contributed by atoms with Crippen LogP contribution < -0.4 is 0 Å². The summed E-state index contributed by atoms with van der Waals surface area (Å²) in [7, 11) is 0. The Labute approximate surface area is 110 Å². The quantitative estimate of drug-likeness (QED) is 0.790. The molecule has 1 aliphatic heterocycles. The van der Waals surface area contributed by atoms with Gasteiger partial charge in [0.05, 0.1) is 5.92 Å². The van der Waals surface area contributed by atoms with E-state index in [1.165, 1.54) is 5.56 Å². The minimum atomic E-state index is -0.0799. The van der Waals surface area contributed by atoms with E-state index < -0.39 is 0 Å². The van der Waals surface area contributed by atoms with E-state index in [0.717, 1.165) is 31.4 Å². The summed E-state index contributed by atoms with van der Waals surface area (Å²) in [5.41, 5.74) is 1.33. The number of carbonyl (C=O) groups is 1. The Kier molecular flexibility index (Phi) is 4.37. The number of aryl methyl sites for hydroxylation is 1. The molecule has 3 heteroatoms. The SMILES string of the molecule is O=C1O/C(=C/Br)CC1CCCc1ccccc1. The maximum Gasteiger partial charge on any atom is 0.314 e. The third-order valence-electron chi connectivity index (χ3n) is 3.00. The number of halogens is 1. The highest BCUT2D eigenvalue weighted by molar-refractivity contribution is 9.11. The molecule has 2 nitrogen and oxygen atoms in total. The predicted molar refractivity (Wildman–Crippen MR) is 70.6 cm³/mol. The summed E-state index contributed by atoms with van der Waals surface area (Å²) in [4.78, 5) is 13.2. The maximum absolute atomic E-state index is 11.5. The molecule has 0 saturated carbocycles. The van der Waals surface area contributed by atoms with E-state index in [0.29, 0.717) is 0 Å². The van der Waals surface area contributed by atoms with Crippen molar-refractivity contribution >= 4 is 21.9 Å². The van der Waals surface area contributed by atoms with Crippen LogP contribution >= 0.6 is 15.9 Å². The molecule has 0 bridgehead atoms. The molecule has 1 atom stereocenters. The molecule has 1 saturated heterocycles. The monoisotopic (exact) mass is 294 g/mol. The van der Waals surface area contributed by atoms with Gasteiger partial charge in [-0.15, -0.1) is 0 Å². The number of ether oxygens (including phenoxy) is 1. The fraction of sp³-hybridized carbons (Fsp3) is 0.357. The summed E-state index contributed by atoms with van der Waals surface area (Å²) in [6, 6.07) is 10.4. The molecule has 0 aliphatic carbocycles. The average molecular weight is 295 g/mol. The highest BCUT2D eigenvalue weighted by Gasteiger charge is 2.29. The van der Waals surface area contributed by atoms with Crippen molar-refractivity contribution in [1.29, 1.82) is 0 Å². The third-order valence-corrected chi connectivity index (χ3v) is 3.51. The number of carbonyl (C=O) groups excluding carboxylic acids is 1. The van der Waals surface area contributed by atoms with E-state index in [1.807, 2.05) is 18.2 Å². The molecule has 1 aliphatic rings. The van der Waals surface area contributed by atoms with Gasteiger partial charge in [-0.05, 0) is 24.8 Å².